The van der Waals surface area contributed by atoms with Gasteiger partial charge in [0, 0.05) is 16.7 Å². The number of ether oxygens (including phenoxy) is 1. The highest BCUT2D eigenvalue weighted by atomic mass is 16.6. The average molecular weight is 531 g/mol. The first-order valence-corrected chi connectivity index (χ1v) is 14.0. The third-order valence-electron chi connectivity index (χ3n) is 7.48. The number of cyclic esters (lactones) is 1. The molecule has 0 spiro atoms. The summed E-state index contributed by atoms with van der Waals surface area (Å²) in [6.45, 7) is 8.16. The fourth-order valence-corrected chi connectivity index (χ4v) is 5.89. The molecular formula is C33H38O6. The molecule has 0 bridgehead atoms. The van der Waals surface area contributed by atoms with Gasteiger partial charge in [0.15, 0.2) is 5.60 Å². The molecule has 1 aliphatic heterocycles. The summed E-state index contributed by atoms with van der Waals surface area (Å²) in [5.41, 5.74) is 2.17. The van der Waals surface area contributed by atoms with Crippen molar-refractivity contribution >= 4 is 11.9 Å². The Morgan fingerprint density at radius 2 is 1.26 bits per heavy atom. The van der Waals surface area contributed by atoms with E-state index in [-0.39, 0.29) is 39.3 Å². The van der Waals surface area contributed by atoms with Crippen LogP contribution >= 0.6 is 0 Å². The molecule has 0 aliphatic carbocycles. The molecule has 0 unspecified atom stereocenters. The summed E-state index contributed by atoms with van der Waals surface area (Å²) in [4.78, 5) is 26.1. The predicted octanol–water partition coefficient (Wildman–Crippen LogP) is 7.07. The zero-order valence-electron chi connectivity index (χ0n) is 23.3. The van der Waals surface area contributed by atoms with Crippen molar-refractivity contribution in [2.75, 3.05) is 0 Å². The van der Waals surface area contributed by atoms with Gasteiger partial charge in [-0.3, -0.25) is 0 Å². The van der Waals surface area contributed by atoms with E-state index in [2.05, 4.69) is 13.8 Å². The first-order valence-electron chi connectivity index (χ1n) is 14.0. The molecule has 1 aliphatic rings. The molecule has 0 fully saturated rings. The Bertz CT molecular complexity index is 1340. The Morgan fingerprint density at radius 1 is 0.769 bits per heavy atom. The number of hydrogen-bond acceptors (Lipinski definition) is 5. The van der Waals surface area contributed by atoms with E-state index < -0.39 is 17.5 Å². The monoisotopic (exact) mass is 530 g/mol. The van der Waals surface area contributed by atoms with Gasteiger partial charge in [-0.25, -0.2) is 9.59 Å². The lowest BCUT2D eigenvalue weighted by Crippen LogP contribution is -2.32. The summed E-state index contributed by atoms with van der Waals surface area (Å²) in [5, 5.41) is 33.8. The smallest absolute Gasteiger partial charge is 0.340 e. The van der Waals surface area contributed by atoms with Crippen LogP contribution in [0.4, 0.5) is 0 Å². The van der Waals surface area contributed by atoms with Crippen molar-refractivity contribution in [3.8, 4) is 11.5 Å². The number of aryl methyl sites for hydroxylation is 4. The van der Waals surface area contributed by atoms with Gasteiger partial charge < -0.3 is 20.1 Å². The van der Waals surface area contributed by atoms with Gasteiger partial charge in [-0.1, -0.05) is 71.6 Å². The molecule has 3 aromatic carbocycles. The van der Waals surface area contributed by atoms with Gasteiger partial charge in [0.05, 0.1) is 11.1 Å². The minimum atomic E-state index is -1.84. The van der Waals surface area contributed by atoms with Gasteiger partial charge in [0.2, 0.25) is 0 Å². The quantitative estimate of drug-likeness (QED) is 0.229. The second-order valence-electron chi connectivity index (χ2n) is 10.4. The molecule has 6 nitrogen and oxygen atoms in total. The maximum absolute atomic E-state index is 13.5. The summed E-state index contributed by atoms with van der Waals surface area (Å²) in [6.07, 6.45) is 5.92. The molecule has 0 atom stereocenters. The SMILES string of the molecule is CCCc1cc(CCC)c(O)c(C2(c3cc(CCC)cc(CCC)c3O)OC(=O)c3cccc(C(=O)O)c32)c1. The van der Waals surface area contributed by atoms with Gasteiger partial charge >= 0.3 is 11.9 Å². The molecular weight excluding hydrogens is 492 g/mol. The number of carboxylic acid groups (broad SMARTS) is 1. The summed E-state index contributed by atoms with van der Waals surface area (Å²) in [6, 6.07) is 12.1. The standard InChI is InChI=1S/C33H38O6/c1-5-10-20-16-22(12-7-3)29(34)26(18-20)33(27-19-21(11-6-2)17-23(13-8-4)30(27)35)28-24(31(36)37)14-9-15-25(28)32(38)39-33/h9,14-19,34-35H,5-8,10-13H2,1-4H3,(H,36,37). The van der Waals surface area contributed by atoms with Crippen LogP contribution in [0.15, 0.2) is 42.5 Å². The maximum Gasteiger partial charge on any atom is 0.340 e. The number of fused-ring (bicyclic) bond motifs is 1. The van der Waals surface area contributed by atoms with Crippen LogP contribution in [-0.4, -0.2) is 27.3 Å². The first kappa shape index (κ1) is 28.2. The van der Waals surface area contributed by atoms with Crippen LogP contribution in [0.5, 0.6) is 11.5 Å². The van der Waals surface area contributed by atoms with Crippen molar-refractivity contribution in [2.45, 2.75) is 84.7 Å². The molecule has 0 saturated heterocycles. The fourth-order valence-electron chi connectivity index (χ4n) is 5.89. The molecule has 39 heavy (non-hydrogen) atoms. The molecule has 4 rings (SSSR count). The lowest BCUT2D eigenvalue weighted by molar-refractivity contribution is 0.0232. The second-order valence-corrected chi connectivity index (χ2v) is 10.4. The van der Waals surface area contributed by atoms with Crippen LogP contribution in [0, 0.1) is 0 Å². The zero-order valence-corrected chi connectivity index (χ0v) is 23.3. The van der Waals surface area contributed by atoms with E-state index in [1.165, 1.54) is 12.1 Å². The number of phenols is 2. The Hall–Kier alpha value is -3.80. The summed E-state index contributed by atoms with van der Waals surface area (Å²) in [5.74, 6) is -2.00. The maximum atomic E-state index is 13.5. The molecule has 0 amide bonds. The third-order valence-corrected chi connectivity index (χ3v) is 7.48. The number of carboxylic acids is 1. The molecule has 0 saturated carbocycles. The minimum Gasteiger partial charge on any atom is -0.507 e. The zero-order chi connectivity index (χ0) is 28.3. The molecule has 0 aromatic heterocycles. The fraction of sp³-hybridized carbons (Fsp3) is 0.394. The number of esters is 1. The highest BCUT2D eigenvalue weighted by Crippen LogP contribution is 2.54. The van der Waals surface area contributed by atoms with Gasteiger partial charge in [-0.2, -0.15) is 0 Å². The van der Waals surface area contributed by atoms with Crippen molar-refractivity contribution < 1.29 is 29.6 Å². The third kappa shape index (κ3) is 4.88. The van der Waals surface area contributed by atoms with E-state index in [9.17, 15) is 24.9 Å². The second kappa shape index (κ2) is 11.5. The van der Waals surface area contributed by atoms with Gasteiger partial charge in [0.25, 0.3) is 0 Å². The van der Waals surface area contributed by atoms with E-state index in [4.69, 9.17) is 4.74 Å². The number of carbonyl (C=O) groups excluding carboxylic acids is 1. The van der Waals surface area contributed by atoms with E-state index in [0.717, 1.165) is 49.7 Å². The lowest BCUT2D eigenvalue weighted by atomic mass is 9.74. The largest absolute Gasteiger partial charge is 0.507 e. The first-order chi connectivity index (χ1) is 18.7. The van der Waals surface area contributed by atoms with E-state index >= 15 is 0 Å². The lowest BCUT2D eigenvalue weighted by Gasteiger charge is -2.34. The Labute approximate surface area is 230 Å². The van der Waals surface area contributed by atoms with Crippen molar-refractivity contribution in [2.24, 2.45) is 0 Å². The average Bonchev–Trinajstić information content (AvgIpc) is 3.21. The van der Waals surface area contributed by atoms with E-state index in [1.54, 1.807) is 6.07 Å². The number of carbonyl (C=O) groups is 2. The number of aromatic carboxylic acids is 1. The van der Waals surface area contributed by atoms with Crippen LogP contribution in [-0.2, 0) is 36.0 Å². The number of phenolic OH excluding ortho intramolecular Hbond substituents is 2. The van der Waals surface area contributed by atoms with Crippen molar-refractivity contribution in [3.63, 3.8) is 0 Å². The molecule has 6 heteroatoms. The van der Waals surface area contributed by atoms with Crippen molar-refractivity contribution in [3.05, 3.63) is 92.5 Å². The van der Waals surface area contributed by atoms with Crippen LogP contribution in [0.2, 0.25) is 0 Å². The summed E-state index contributed by atoms with van der Waals surface area (Å²) >= 11 is 0. The Morgan fingerprint density at radius 3 is 1.69 bits per heavy atom. The molecule has 0 radical (unpaired) electrons. The van der Waals surface area contributed by atoms with Gasteiger partial charge in [-0.05, 0) is 72.2 Å². The highest BCUT2D eigenvalue weighted by Gasteiger charge is 2.54. The summed E-state index contributed by atoms with van der Waals surface area (Å²) in [7, 11) is 0. The molecule has 206 valence electrons. The van der Waals surface area contributed by atoms with Crippen molar-refractivity contribution in [1.82, 2.24) is 0 Å². The van der Waals surface area contributed by atoms with E-state index in [1.807, 2.05) is 38.1 Å². The number of hydrogen-bond donors (Lipinski definition) is 3. The Balaban J connectivity index is 2.23. The van der Waals surface area contributed by atoms with Gasteiger partial charge in [0.1, 0.15) is 11.5 Å². The highest BCUT2D eigenvalue weighted by molar-refractivity contribution is 6.02. The van der Waals surface area contributed by atoms with Gasteiger partial charge in [-0.15, -0.1) is 0 Å². The molecule has 3 N–H and O–H groups in total. The topological polar surface area (TPSA) is 104 Å². The van der Waals surface area contributed by atoms with E-state index in [0.29, 0.717) is 24.0 Å². The minimum absolute atomic E-state index is 0.0464. The molecule has 1 heterocycles. The Kier molecular flexibility index (Phi) is 8.34. The predicted molar refractivity (Wildman–Crippen MR) is 151 cm³/mol. The summed E-state index contributed by atoms with van der Waals surface area (Å²) < 4.78 is 6.25. The van der Waals surface area contributed by atoms with Crippen LogP contribution < -0.4 is 0 Å². The van der Waals surface area contributed by atoms with Crippen LogP contribution in [0.3, 0.4) is 0 Å². The number of rotatable bonds is 11. The normalized spacial score (nSPS) is 13.8. The number of aromatic hydroxyl groups is 2. The molecule has 3 aromatic rings. The van der Waals surface area contributed by atoms with Crippen LogP contribution in [0.25, 0.3) is 0 Å². The van der Waals surface area contributed by atoms with Crippen molar-refractivity contribution in [1.29, 1.82) is 0 Å². The number of benzene rings is 3. The van der Waals surface area contributed by atoms with Crippen LogP contribution in [0.1, 0.15) is 113 Å².